The van der Waals surface area contributed by atoms with Gasteiger partial charge in [-0.3, -0.25) is 0 Å². The van der Waals surface area contributed by atoms with E-state index in [0.29, 0.717) is 23.3 Å². The van der Waals surface area contributed by atoms with Crippen molar-refractivity contribution in [3.05, 3.63) is 23.3 Å². The molecule has 0 bridgehead atoms. The molecule has 2 rings (SSSR count). The van der Waals surface area contributed by atoms with E-state index >= 15 is 0 Å². The van der Waals surface area contributed by atoms with Crippen LogP contribution in [0.25, 0.3) is 0 Å². The van der Waals surface area contributed by atoms with Crippen LogP contribution in [0.1, 0.15) is 34.1 Å². The van der Waals surface area contributed by atoms with Gasteiger partial charge < -0.3 is 5.11 Å². The Balaban J connectivity index is 2.35. The Hall–Kier alpha value is -1.05. The molecule has 0 aromatic carbocycles. The molecule has 88 valence electrons. The number of carboxylic acids is 1. The Labute approximate surface area is 97.0 Å². The van der Waals surface area contributed by atoms with E-state index in [4.69, 9.17) is 0 Å². The molecular formula is C14H20O2. The van der Waals surface area contributed by atoms with Gasteiger partial charge in [0.25, 0.3) is 0 Å². The Bertz CT molecular complexity index is 382. The fraction of sp³-hybridized carbons (Fsp3) is 0.643. The summed E-state index contributed by atoms with van der Waals surface area (Å²) in [6.45, 7) is 8.17. The van der Waals surface area contributed by atoms with Crippen molar-refractivity contribution in [2.24, 2.45) is 23.2 Å². The predicted octanol–water partition coefficient (Wildman–Crippen LogP) is 3.26. The number of hydrogen-bond donors (Lipinski definition) is 1. The summed E-state index contributed by atoms with van der Waals surface area (Å²) in [4.78, 5) is 11.4. The lowest BCUT2D eigenvalue weighted by Crippen LogP contribution is -2.33. The number of allylic oxidation sites excluding steroid dienone is 3. The van der Waals surface area contributed by atoms with E-state index in [1.54, 1.807) is 0 Å². The summed E-state index contributed by atoms with van der Waals surface area (Å²) in [5.41, 5.74) is 1.53. The van der Waals surface area contributed by atoms with Crippen LogP contribution in [0, 0.1) is 23.2 Å². The highest BCUT2D eigenvalue weighted by Gasteiger charge is 2.44. The molecule has 3 unspecified atom stereocenters. The molecule has 0 aromatic heterocycles. The molecule has 1 saturated carbocycles. The Morgan fingerprint density at radius 2 is 2.00 bits per heavy atom. The normalized spacial score (nSPS) is 35.6. The molecule has 3 atom stereocenters. The third-order valence-electron chi connectivity index (χ3n) is 3.90. The van der Waals surface area contributed by atoms with Gasteiger partial charge in [0.05, 0.1) is 0 Å². The van der Waals surface area contributed by atoms with Gasteiger partial charge in [-0.05, 0) is 23.7 Å². The second kappa shape index (κ2) is 3.47. The SMILES string of the molecule is CC1C=CC2C(=C(C(=O)O)C(C)(C)C)CC12. The third kappa shape index (κ3) is 1.60. The molecule has 2 heteroatoms. The Morgan fingerprint density at radius 1 is 1.38 bits per heavy atom. The molecular weight excluding hydrogens is 200 g/mol. The highest BCUT2D eigenvalue weighted by Crippen LogP contribution is 2.53. The van der Waals surface area contributed by atoms with Gasteiger partial charge in [-0.2, -0.15) is 0 Å². The predicted molar refractivity (Wildman–Crippen MR) is 64.0 cm³/mol. The Kier molecular flexibility index (Phi) is 2.48. The van der Waals surface area contributed by atoms with E-state index in [9.17, 15) is 9.90 Å². The number of rotatable bonds is 1. The maximum atomic E-state index is 11.4. The zero-order valence-corrected chi connectivity index (χ0v) is 10.4. The fourth-order valence-corrected chi connectivity index (χ4v) is 3.03. The molecule has 0 saturated heterocycles. The van der Waals surface area contributed by atoms with E-state index in [-0.39, 0.29) is 5.41 Å². The van der Waals surface area contributed by atoms with E-state index in [1.807, 2.05) is 20.8 Å². The average Bonchev–Trinajstić information content (AvgIpc) is 2.34. The minimum absolute atomic E-state index is 0.258. The van der Waals surface area contributed by atoms with Crippen molar-refractivity contribution in [2.75, 3.05) is 0 Å². The third-order valence-corrected chi connectivity index (χ3v) is 3.90. The molecule has 0 heterocycles. The van der Waals surface area contributed by atoms with Crippen molar-refractivity contribution in [3.8, 4) is 0 Å². The molecule has 2 nitrogen and oxygen atoms in total. The van der Waals surface area contributed by atoms with Crippen molar-refractivity contribution in [2.45, 2.75) is 34.1 Å². The van der Waals surface area contributed by atoms with Gasteiger partial charge in [0.2, 0.25) is 0 Å². The van der Waals surface area contributed by atoms with Gasteiger partial charge in [0.15, 0.2) is 0 Å². The summed E-state index contributed by atoms with van der Waals surface area (Å²) in [6.07, 6.45) is 5.39. The van der Waals surface area contributed by atoms with Gasteiger partial charge in [-0.25, -0.2) is 4.79 Å². The highest BCUT2D eigenvalue weighted by molar-refractivity contribution is 5.89. The zero-order valence-electron chi connectivity index (χ0n) is 10.4. The number of carboxylic acid groups (broad SMARTS) is 1. The van der Waals surface area contributed by atoms with Crippen LogP contribution < -0.4 is 0 Å². The molecule has 1 fully saturated rings. The van der Waals surface area contributed by atoms with Crippen LogP contribution in [-0.4, -0.2) is 11.1 Å². The van der Waals surface area contributed by atoms with Gasteiger partial charge in [0, 0.05) is 11.5 Å². The van der Waals surface area contributed by atoms with Crippen LogP contribution in [0.4, 0.5) is 0 Å². The highest BCUT2D eigenvalue weighted by atomic mass is 16.4. The van der Waals surface area contributed by atoms with E-state index in [1.165, 1.54) is 0 Å². The molecule has 0 aliphatic heterocycles. The molecule has 0 spiro atoms. The lowest BCUT2D eigenvalue weighted by atomic mass is 9.63. The smallest absolute Gasteiger partial charge is 0.332 e. The number of carbonyl (C=O) groups is 1. The summed E-state index contributed by atoms with van der Waals surface area (Å²) < 4.78 is 0. The van der Waals surface area contributed by atoms with Gasteiger partial charge in [0.1, 0.15) is 0 Å². The van der Waals surface area contributed by atoms with Gasteiger partial charge >= 0.3 is 5.97 Å². The molecule has 0 aromatic rings. The van der Waals surface area contributed by atoms with Crippen molar-refractivity contribution in [1.82, 2.24) is 0 Å². The van der Waals surface area contributed by atoms with Crippen molar-refractivity contribution < 1.29 is 9.90 Å². The lowest BCUT2D eigenvalue weighted by molar-refractivity contribution is -0.133. The van der Waals surface area contributed by atoms with Gasteiger partial charge in [-0.1, -0.05) is 45.4 Å². The molecule has 16 heavy (non-hydrogen) atoms. The Morgan fingerprint density at radius 3 is 2.44 bits per heavy atom. The second-order valence-corrected chi connectivity index (χ2v) is 6.09. The maximum absolute atomic E-state index is 11.4. The summed E-state index contributed by atoms with van der Waals surface area (Å²) in [5.74, 6) is 0.935. The summed E-state index contributed by atoms with van der Waals surface area (Å²) >= 11 is 0. The lowest BCUT2D eigenvalue weighted by Gasteiger charge is -2.40. The molecule has 0 amide bonds. The first-order valence-corrected chi connectivity index (χ1v) is 5.97. The zero-order chi connectivity index (χ0) is 12.1. The number of hydrogen-bond acceptors (Lipinski definition) is 1. The first-order chi connectivity index (χ1) is 7.32. The largest absolute Gasteiger partial charge is 0.478 e. The standard InChI is InChI=1S/C14H20O2/c1-8-5-6-9-10(8)7-11(9)12(13(15)16)14(2,3)4/h5-6,8-10H,7H2,1-4H3,(H,15,16). The van der Waals surface area contributed by atoms with E-state index in [2.05, 4.69) is 19.1 Å². The molecule has 2 aliphatic carbocycles. The van der Waals surface area contributed by atoms with E-state index in [0.717, 1.165) is 12.0 Å². The number of fused-ring (bicyclic) bond motifs is 1. The maximum Gasteiger partial charge on any atom is 0.332 e. The van der Waals surface area contributed by atoms with Gasteiger partial charge in [-0.15, -0.1) is 0 Å². The summed E-state index contributed by atoms with van der Waals surface area (Å²) in [6, 6.07) is 0. The molecule has 2 aliphatic rings. The van der Waals surface area contributed by atoms with Crippen molar-refractivity contribution in [3.63, 3.8) is 0 Å². The number of aliphatic carboxylic acids is 1. The van der Waals surface area contributed by atoms with Crippen LogP contribution in [0.3, 0.4) is 0 Å². The minimum atomic E-state index is -0.742. The minimum Gasteiger partial charge on any atom is -0.478 e. The quantitative estimate of drug-likeness (QED) is 0.544. The second-order valence-electron chi connectivity index (χ2n) is 6.09. The topological polar surface area (TPSA) is 37.3 Å². The first-order valence-electron chi connectivity index (χ1n) is 5.97. The average molecular weight is 220 g/mol. The van der Waals surface area contributed by atoms with E-state index < -0.39 is 5.97 Å². The van der Waals surface area contributed by atoms with Crippen molar-refractivity contribution >= 4 is 5.97 Å². The van der Waals surface area contributed by atoms with Crippen LogP contribution >= 0.6 is 0 Å². The summed E-state index contributed by atoms with van der Waals surface area (Å²) in [5, 5.41) is 9.35. The molecule has 0 radical (unpaired) electrons. The van der Waals surface area contributed by atoms with Crippen LogP contribution in [-0.2, 0) is 4.79 Å². The van der Waals surface area contributed by atoms with Crippen LogP contribution in [0.2, 0.25) is 0 Å². The van der Waals surface area contributed by atoms with Crippen LogP contribution in [0.15, 0.2) is 23.3 Å². The molecule has 1 N–H and O–H groups in total. The summed E-state index contributed by atoms with van der Waals surface area (Å²) in [7, 11) is 0. The van der Waals surface area contributed by atoms with Crippen LogP contribution in [0.5, 0.6) is 0 Å². The fourth-order valence-electron chi connectivity index (χ4n) is 3.03. The monoisotopic (exact) mass is 220 g/mol. The van der Waals surface area contributed by atoms with Crippen molar-refractivity contribution in [1.29, 1.82) is 0 Å². The first kappa shape index (κ1) is 11.4.